The van der Waals surface area contributed by atoms with E-state index in [0.29, 0.717) is 45.6 Å². The number of nitrogens with one attached hydrogen (secondary N) is 1. The number of pyridine rings is 1. The van der Waals surface area contributed by atoms with Crippen LogP contribution in [0.25, 0.3) is 16.8 Å². The molecule has 2 amide bonds. The number of aromatic nitrogens is 1. The third-order valence-electron chi connectivity index (χ3n) is 5.14. The number of hydrogen-bond donors (Lipinski definition) is 1. The number of amides is 2. The van der Waals surface area contributed by atoms with E-state index >= 15 is 0 Å². The van der Waals surface area contributed by atoms with E-state index < -0.39 is 21.6 Å². The normalized spacial score (nSPS) is 12.0. The molecule has 0 unspecified atom stereocenters. The minimum atomic E-state index is -3.66. The van der Waals surface area contributed by atoms with Gasteiger partial charge in [-0.05, 0) is 61.9 Å². The van der Waals surface area contributed by atoms with Crippen LogP contribution in [-0.2, 0) is 35.1 Å². The first kappa shape index (κ1) is 28.8. The van der Waals surface area contributed by atoms with Gasteiger partial charge in [0.1, 0.15) is 0 Å². The molecule has 0 atom stereocenters. The maximum absolute atomic E-state index is 12.9. The first-order valence-electron chi connectivity index (χ1n) is 11.7. The van der Waals surface area contributed by atoms with E-state index in [0.717, 1.165) is 11.3 Å². The van der Waals surface area contributed by atoms with E-state index in [1.165, 1.54) is 13.2 Å². The summed E-state index contributed by atoms with van der Waals surface area (Å²) in [6.45, 7) is 5.30. The van der Waals surface area contributed by atoms with Gasteiger partial charge in [-0.25, -0.2) is 4.98 Å². The lowest BCUT2D eigenvalue weighted by atomic mass is 9.98. The van der Waals surface area contributed by atoms with Crippen LogP contribution in [0, 0.1) is 0 Å². The Morgan fingerprint density at radius 3 is 2.42 bits per heavy atom. The molecule has 202 valence electrons. The van der Waals surface area contributed by atoms with Crippen LogP contribution >= 0.6 is 0 Å². The van der Waals surface area contributed by atoms with Crippen LogP contribution in [0.1, 0.15) is 31.9 Å². The van der Waals surface area contributed by atoms with Crippen molar-refractivity contribution in [3.63, 3.8) is 0 Å². The molecule has 1 aromatic heterocycles. The summed E-state index contributed by atoms with van der Waals surface area (Å²) in [6.07, 6.45) is 6.21. The van der Waals surface area contributed by atoms with E-state index in [1.807, 2.05) is 45.0 Å². The number of methoxy groups -OCH3 is 1. The first-order chi connectivity index (χ1) is 17.9. The molecule has 3 aromatic rings. The Bertz CT molecular complexity index is 1430. The van der Waals surface area contributed by atoms with Crippen molar-refractivity contribution in [1.29, 1.82) is 0 Å². The Morgan fingerprint density at radius 2 is 1.84 bits per heavy atom. The lowest BCUT2D eigenvalue weighted by Crippen LogP contribution is -2.33. The van der Waals surface area contributed by atoms with Crippen LogP contribution in [0.2, 0.25) is 0 Å². The average Bonchev–Trinajstić information content (AvgIpc) is 2.86. The van der Waals surface area contributed by atoms with Gasteiger partial charge in [0, 0.05) is 29.4 Å². The van der Waals surface area contributed by atoms with Crippen LogP contribution < -0.4 is 15.1 Å². The standard InChI is InChI=1S/C27H31N3O7S/c1-27(2,3)37-30(18-31)24-16-23(29-25(32)12-10-19-11-13-26(35-4)28-17-19)21(14-15-36-38(5,33)34)20-8-6-7-9-22(20)24/h6-13,16-18H,14-15H2,1-5H3,(H,29,32)/b12-10+. The number of hydrogen-bond acceptors (Lipinski definition) is 8. The zero-order valence-corrected chi connectivity index (χ0v) is 22.7. The largest absolute Gasteiger partial charge is 0.481 e. The molecule has 0 fully saturated rings. The number of ether oxygens (including phenoxy) is 1. The lowest BCUT2D eigenvalue weighted by Gasteiger charge is -2.28. The molecule has 10 nitrogen and oxygen atoms in total. The van der Waals surface area contributed by atoms with Gasteiger partial charge in [0.25, 0.3) is 10.1 Å². The summed E-state index contributed by atoms with van der Waals surface area (Å²) in [5.41, 5.74) is 1.44. The Labute approximate surface area is 222 Å². The molecule has 0 bridgehead atoms. The minimum Gasteiger partial charge on any atom is -0.481 e. The van der Waals surface area contributed by atoms with E-state index in [-0.39, 0.29) is 13.0 Å². The molecule has 0 saturated heterocycles. The van der Waals surface area contributed by atoms with Gasteiger partial charge in [0.2, 0.25) is 18.2 Å². The fourth-order valence-electron chi connectivity index (χ4n) is 3.65. The summed E-state index contributed by atoms with van der Waals surface area (Å²) in [5.74, 6) is 0.00943. The lowest BCUT2D eigenvalue weighted by molar-refractivity contribution is -0.120. The molecule has 3 rings (SSSR count). The first-order valence-corrected chi connectivity index (χ1v) is 13.5. The quantitative estimate of drug-likeness (QED) is 0.167. The molecule has 0 aliphatic heterocycles. The van der Waals surface area contributed by atoms with Gasteiger partial charge in [-0.3, -0.25) is 18.6 Å². The van der Waals surface area contributed by atoms with Gasteiger partial charge in [0.15, 0.2) is 0 Å². The van der Waals surface area contributed by atoms with Gasteiger partial charge < -0.3 is 10.1 Å². The number of hydroxylamine groups is 1. The third kappa shape index (κ3) is 8.10. The average molecular weight is 542 g/mol. The topological polar surface area (TPSA) is 124 Å². The molecule has 0 radical (unpaired) electrons. The Morgan fingerprint density at radius 1 is 1.13 bits per heavy atom. The maximum atomic E-state index is 12.9. The van der Waals surface area contributed by atoms with Gasteiger partial charge in [-0.15, -0.1) is 0 Å². The summed E-state index contributed by atoms with van der Waals surface area (Å²) in [5, 5.41) is 5.35. The van der Waals surface area contributed by atoms with Crippen molar-refractivity contribution in [3.05, 3.63) is 65.9 Å². The number of fused-ring (bicyclic) bond motifs is 1. The molecule has 38 heavy (non-hydrogen) atoms. The second-order valence-corrected chi connectivity index (χ2v) is 11.0. The Balaban J connectivity index is 2.04. The van der Waals surface area contributed by atoms with Crippen molar-refractivity contribution >= 4 is 50.7 Å². The zero-order valence-electron chi connectivity index (χ0n) is 21.9. The molecule has 0 saturated carbocycles. The highest BCUT2D eigenvalue weighted by Gasteiger charge is 2.22. The van der Waals surface area contributed by atoms with E-state index in [9.17, 15) is 18.0 Å². The highest BCUT2D eigenvalue weighted by atomic mass is 32.2. The molecule has 1 N–H and O–H groups in total. The van der Waals surface area contributed by atoms with E-state index in [1.54, 1.807) is 30.5 Å². The van der Waals surface area contributed by atoms with Crippen molar-refractivity contribution in [1.82, 2.24) is 4.98 Å². The molecular weight excluding hydrogens is 510 g/mol. The highest BCUT2D eigenvalue weighted by molar-refractivity contribution is 7.85. The van der Waals surface area contributed by atoms with Gasteiger partial charge >= 0.3 is 0 Å². The molecule has 0 spiro atoms. The van der Waals surface area contributed by atoms with Crippen molar-refractivity contribution in [2.24, 2.45) is 0 Å². The molecule has 0 aliphatic rings. The second-order valence-electron chi connectivity index (χ2n) is 9.33. The number of carbonyl (C=O) groups excluding carboxylic acids is 2. The second kappa shape index (κ2) is 12.2. The minimum absolute atomic E-state index is 0.131. The monoisotopic (exact) mass is 541 g/mol. The summed E-state index contributed by atoms with van der Waals surface area (Å²) in [7, 11) is -2.15. The third-order valence-corrected chi connectivity index (χ3v) is 5.74. The van der Waals surface area contributed by atoms with Crippen LogP contribution in [0.15, 0.2) is 54.7 Å². The fraction of sp³-hybridized carbons (Fsp3) is 0.296. The summed E-state index contributed by atoms with van der Waals surface area (Å²) < 4.78 is 33.1. The van der Waals surface area contributed by atoms with Gasteiger partial charge in [-0.2, -0.15) is 13.5 Å². The predicted molar refractivity (Wildman–Crippen MR) is 146 cm³/mol. The van der Waals surface area contributed by atoms with Gasteiger partial charge in [0.05, 0.1) is 31.3 Å². The number of carbonyl (C=O) groups is 2. The molecule has 11 heteroatoms. The summed E-state index contributed by atoms with van der Waals surface area (Å²) in [4.78, 5) is 34.9. The molecule has 2 aromatic carbocycles. The zero-order chi connectivity index (χ0) is 27.9. The Kier molecular flexibility index (Phi) is 9.21. The smallest absolute Gasteiger partial charge is 0.264 e. The number of rotatable bonds is 11. The fourth-order valence-corrected chi connectivity index (χ4v) is 4.04. The van der Waals surface area contributed by atoms with Crippen LogP contribution in [0.4, 0.5) is 11.4 Å². The summed E-state index contributed by atoms with van der Waals surface area (Å²) >= 11 is 0. The highest BCUT2D eigenvalue weighted by Crippen LogP contribution is 2.36. The van der Waals surface area contributed by atoms with Crippen LogP contribution in [-0.4, -0.2) is 51.3 Å². The van der Waals surface area contributed by atoms with E-state index in [4.69, 9.17) is 13.8 Å². The number of nitrogens with zero attached hydrogens (tertiary/aromatic N) is 2. The number of anilines is 2. The van der Waals surface area contributed by atoms with Crippen molar-refractivity contribution in [2.75, 3.05) is 30.4 Å². The predicted octanol–water partition coefficient (Wildman–Crippen LogP) is 4.11. The van der Waals surface area contributed by atoms with Crippen LogP contribution in [0.3, 0.4) is 0 Å². The van der Waals surface area contributed by atoms with Crippen molar-refractivity contribution in [3.8, 4) is 5.88 Å². The van der Waals surface area contributed by atoms with E-state index in [2.05, 4.69) is 10.3 Å². The van der Waals surface area contributed by atoms with Crippen molar-refractivity contribution < 1.29 is 31.8 Å². The molecular formula is C27H31N3O7S. The maximum Gasteiger partial charge on any atom is 0.264 e. The summed E-state index contributed by atoms with van der Waals surface area (Å²) in [6, 6.07) is 12.3. The van der Waals surface area contributed by atoms with Gasteiger partial charge in [-0.1, -0.05) is 24.3 Å². The van der Waals surface area contributed by atoms with Crippen LogP contribution in [0.5, 0.6) is 5.88 Å². The van der Waals surface area contributed by atoms with Crippen molar-refractivity contribution in [2.45, 2.75) is 32.8 Å². The SMILES string of the molecule is COc1ccc(/C=C/C(=O)Nc2cc(N(C=O)OC(C)(C)C)c3ccccc3c2CCOS(C)(=O)=O)cn1. The Hall–Kier alpha value is -3.80. The molecule has 1 heterocycles. The number of benzene rings is 2. The molecule has 0 aliphatic carbocycles.